The lowest BCUT2D eigenvalue weighted by Crippen LogP contribution is -2.19. The summed E-state index contributed by atoms with van der Waals surface area (Å²) in [5, 5.41) is 0. The minimum absolute atomic E-state index is 0.0558. The molecule has 0 saturated heterocycles. The number of ketones is 2. The van der Waals surface area contributed by atoms with Crippen molar-refractivity contribution in [2.24, 2.45) is 10.8 Å². The fraction of sp³-hybridized carbons (Fsp3) is 0.810. The number of ether oxygens (including phenoxy) is 2. The van der Waals surface area contributed by atoms with Crippen LogP contribution in [-0.4, -0.2) is 37.7 Å². The van der Waals surface area contributed by atoms with E-state index in [9.17, 15) is 19.2 Å². The molecule has 0 rings (SSSR count). The highest BCUT2D eigenvalue weighted by Gasteiger charge is 2.23. The molecule has 0 aliphatic heterocycles. The Hall–Kier alpha value is -1.72. The minimum atomic E-state index is -0.266. The van der Waals surface area contributed by atoms with Crippen LogP contribution in [0.15, 0.2) is 0 Å². The molecule has 0 heterocycles. The molecule has 0 fully saturated rings. The molecule has 27 heavy (non-hydrogen) atoms. The molecule has 0 N–H and O–H groups in total. The monoisotopic (exact) mass is 384 g/mol. The molecule has 6 nitrogen and oxygen atoms in total. The summed E-state index contributed by atoms with van der Waals surface area (Å²) in [5.74, 6) is 0.0315. The number of hydrogen-bond acceptors (Lipinski definition) is 6. The molecular formula is C21H36O6. The smallest absolute Gasteiger partial charge is 0.306 e. The Labute approximate surface area is 163 Å². The zero-order valence-electron chi connectivity index (χ0n) is 17.6. The number of Topliss-reactive ketones (excluding diaryl/α,β-unsaturated/α-hetero) is 2. The Balaban J connectivity index is 3.98. The molecule has 0 aliphatic carbocycles. The standard InChI is InChI=1S/C21H36O6/c1-20(2,13-14-27-16-22)11-9-17(23)7-6-8-18(24)10-12-21(3,4)15-19(25)26-5/h16H,6-15H2,1-5H3. The number of hydrogen-bond donors (Lipinski definition) is 0. The lowest BCUT2D eigenvalue weighted by molar-refractivity contribution is -0.143. The molecule has 0 amide bonds. The second-order valence-electron chi connectivity index (χ2n) is 8.73. The predicted octanol–water partition coefficient (Wildman–Crippen LogP) is 4.03. The van der Waals surface area contributed by atoms with E-state index in [0.717, 1.165) is 12.8 Å². The van der Waals surface area contributed by atoms with Crippen molar-refractivity contribution in [1.29, 1.82) is 0 Å². The molecule has 0 spiro atoms. The highest BCUT2D eigenvalue weighted by Crippen LogP contribution is 2.28. The zero-order chi connectivity index (χ0) is 20.9. The second-order valence-corrected chi connectivity index (χ2v) is 8.73. The molecular weight excluding hydrogens is 348 g/mol. The van der Waals surface area contributed by atoms with E-state index >= 15 is 0 Å². The van der Waals surface area contributed by atoms with Gasteiger partial charge in [0.1, 0.15) is 11.6 Å². The highest BCUT2D eigenvalue weighted by molar-refractivity contribution is 5.81. The average Bonchev–Trinajstić information content (AvgIpc) is 2.58. The fourth-order valence-electron chi connectivity index (χ4n) is 2.75. The van der Waals surface area contributed by atoms with Crippen molar-refractivity contribution in [3.05, 3.63) is 0 Å². The maximum Gasteiger partial charge on any atom is 0.306 e. The zero-order valence-corrected chi connectivity index (χ0v) is 17.6. The molecule has 0 saturated carbocycles. The summed E-state index contributed by atoms with van der Waals surface area (Å²) >= 11 is 0. The molecule has 6 heteroatoms. The Morgan fingerprint density at radius 1 is 0.815 bits per heavy atom. The largest absolute Gasteiger partial charge is 0.469 e. The Bertz CT molecular complexity index is 493. The van der Waals surface area contributed by atoms with Crippen LogP contribution in [0.5, 0.6) is 0 Å². The summed E-state index contributed by atoms with van der Waals surface area (Å²) in [7, 11) is 1.36. The van der Waals surface area contributed by atoms with Crippen LogP contribution in [0, 0.1) is 10.8 Å². The molecule has 0 atom stereocenters. The second kappa shape index (κ2) is 12.6. The maximum absolute atomic E-state index is 12.0. The SMILES string of the molecule is COC(=O)CC(C)(C)CCC(=O)CCCC(=O)CCC(C)(C)CCOC=O. The van der Waals surface area contributed by atoms with Gasteiger partial charge in [-0.25, -0.2) is 0 Å². The van der Waals surface area contributed by atoms with E-state index in [1.165, 1.54) is 7.11 Å². The first-order valence-electron chi connectivity index (χ1n) is 9.67. The van der Waals surface area contributed by atoms with Gasteiger partial charge in [0.15, 0.2) is 0 Å². The van der Waals surface area contributed by atoms with E-state index in [4.69, 9.17) is 4.74 Å². The summed E-state index contributed by atoms with van der Waals surface area (Å²) in [6, 6.07) is 0. The van der Waals surface area contributed by atoms with Gasteiger partial charge in [0, 0.05) is 25.7 Å². The van der Waals surface area contributed by atoms with Crippen LogP contribution in [0.25, 0.3) is 0 Å². The van der Waals surface area contributed by atoms with Crippen LogP contribution >= 0.6 is 0 Å². The van der Waals surface area contributed by atoms with Gasteiger partial charge in [-0.2, -0.15) is 0 Å². The van der Waals surface area contributed by atoms with E-state index in [2.05, 4.69) is 4.74 Å². The quantitative estimate of drug-likeness (QED) is 0.227. The normalized spacial score (nSPS) is 11.7. The lowest BCUT2D eigenvalue weighted by atomic mass is 9.83. The van der Waals surface area contributed by atoms with Gasteiger partial charge in [0.05, 0.1) is 20.1 Å². The van der Waals surface area contributed by atoms with Crippen molar-refractivity contribution >= 4 is 24.0 Å². The number of methoxy groups -OCH3 is 1. The van der Waals surface area contributed by atoms with E-state index in [1.54, 1.807) is 0 Å². The molecule has 0 bridgehead atoms. The van der Waals surface area contributed by atoms with Gasteiger partial charge in [-0.3, -0.25) is 19.2 Å². The third-order valence-electron chi connectivity index (χ3n) is 4.89. The van der Waals surface area contributed by atoms with Crippen molar-refractivity contribution in [2.45, 2.75) is 85.5 Å². The summed E-state index contributed by atoms with van der Waals surface area (Å²) in [6.45, 7) is 8.80. The summed E-state index contributed by atoms with van der Waals surface area (Å²) < 4.78 is 9.39. The third kappa shape index (κ3) is 14.1. The van der Waals surface area contributed by atoms with Gasteiger partial charge in [0.2, 0.25) is 0 Å². The molecule has 0 aromatic rings. The number of carbonyl (C=O) groups excluding carboxylic acids is 4. The third-order valence-corrected chi connectivity index (χ3v) is 4.89. The highest BCUT2D eigenvalue weighted by atomic mass is 16.5. The number of esters is 1. The van der Waals surface area contributed by atoms with Gasteiger partial charge in [-0.15, -0.1) is 0 Å². The van der Waals surface area contributed by atoms with E-state index in [1.807, 2.05) is 27.7 Å². The van der Waals surface area contributed by atoms with Gasteiger partial charge >= 0.3 is 5.97 Å². The van der Waals surface area contributed by atoms with Crippen LogP contribution in [0.2, 0.25) is 0 Å². The van der Waals surface area contributed by atoms with Crippen LogP contribution in [-0.2, 0) is 28.7 Å². The summed E-state index contributed by atoms with van der Waals surface area (Å²) in [5.41, 5.74) is -0.322. The lowest BCUT2D eigenvalue weighted by Gasteiger charge is -2.23. The number of carbonyl (C=O) groups is 4. The minimum Gasteiger partial charge on any atom is -0.469 e. The predicted molar refractivity (Wildman–Crippen MR) is 103 cm³/mol. The van der Waals surface area contributed by atoms with Gasteiger partial charge in [0.25, 0.3) is 6.47 Å². The average molecular weight is 385 g/mol. The van der Waals surface area contributed by atoms with Gasteiger partial charge < -0.3 is 9.47 Å². The first kappa shape index (κ1) is 25.3. The Kier molecular flexibility index (Phi) is 11.8. The van der Waals surface area contributed by atoms with Crippen molar-refractivity contribution in [3.8, 4) is 0 Å². The number of rotatable bonds is 16. The van der Waals surface area contributed by atoms with E-state index in [0.29, 0.717) is 58.0 Å². The molecule has 156 valence electrons. The van der Waals surface area contributed by atoms with E-state index < -0.39 is 0 Å². The van der Waals surface area contributed by atoms with Crippen LogP contribution < -0.4 is 0 Å². The first-order valence-corrected chi connectivity index (χ1v) is 9.67. The molecule has 0 radical (unpaired) electrons. The van der Waals surface area contributed by atoms with Gasteiger partial charge in [-0.1, -0.05) is 27.7 Å². The Morgan fingerprint density at radius 3 is 1.81 bits per heavy atom. The van der Waals surface area contributed by atoms with E-state index in [-0.39, 0.29) is 28.4 Å². The molecule has 0 unspecified atom stereocenters. The van der Waals surface area contributed by atoms with Crippen molar-refractivity contribution < 1.29 is 28.7 Å². The van der Waals surface area contributed by atoms with Gasteiger partial charge in [-0.05, 0) is 36.5 Å². The summed E-state index contributed by atoms with van der Waals surface area (Å²) in [6.07, 6.45) is 4.67. The van der Waals surface area contributed by atoms with Crippen LogP contribution in [0.1, 0.15) is 85.5 Å². The van der Waals surface area contributed by atoms with Crippen LogP contribution in [0.4, 0.5) is 0 Å². The van der Waals surface area contributed by atoms with Crippen molar-refractivity contribution in [2.75, 3.05) is 13.7 Å². The summed E-state index contributed by atoms with van der Waals surface area (Å²) in [4.78, 5) is 45.6. The molecule has 0 aromatic carbocycles. The first-order chi connectivity index (χ1) is 12.5. The molecule has 0 aromatic heterocycles. The topological polar surface area (TPSA) is 86.7 Å². The fourth-order valence-corrected chi connectivity index (χ4v) is 2.75. The van der Waals surface area contributed by atoms with Crippen molar-refractivity contribution in [1.82, 2.24) is 0 Å². The van der Waals surface area contributed by atoms with Crippen molar-refractivity contribution in [3.63, 3.8) is 0 Å². The van der Waals surface area contributed by atoms with Crippen LogP contribution in [0.3, 0.4) is 0 Å². The maximum atomic E-state index is 12.0. The Morgan fingerprint density at radius 2 is 1.33 bits per heavy atom. The molecule has 0 aliphatic rings.